The van der Waals surface area contributed by atoms with Crippen molar-refractivity contribution in [3.63, 3.8) is 0 Å². The number of carbonyl (C=O) groups excluding carboxylic acids is 1. The van der Waals surface area contributed by atoms with Crippen LogP contribution < -0.4 is 5.32 Å². The molecule has 0 aliphatic heterocycles. The van der Waals surface area contributed by atoms with E-state index in [-0.39, 0.29) is 5.69 Å². The van der Waals surface area contributed by atoms with Crippen molar-refractivity contribution in [1.82, 2.24) is 0 Å². The van der Waals surface area contributed by atoms with E-state index in [0.717, 1.165) is 5.56 Å². The van der Waals surface area contributed by atoms with Crippen LogP contribution in [0.3, 0.4) is 0 Å². The number of hydrogen-bond acceptors (Lipinski definition) is 3. The number of benzene rings is 2. The molecule has 2 rings (SSSR count). The van der Waals surface area contributed by atoms with E-state index in [4.69, 9.17) is 11.6 Å². The summed E-state index contributed by atoms with van der Waals surface area (Å²) in [6.07, 6.45) is 0. The van der Waals surface area contributed by atoms with E-state index < -0.39 is 10.8 Å². The third-order valence-corrected chi connectivity index (χ3v) is 3.43. The summed E-state index contributed by atoms with van der Waals surface area (Å²) in [6, 6.07) is 9.63. The molecular weight excluding hydrogens is 292 g/mol. The second-order valence-corrected chi connectivity index (χ2v) is 5.05. The third kappa shape index (κ3) is 3.20. The molecule has 0 radical (unpaired) electrons. The molecule has 0 saturated heterocycles. The van der Waals surface area contributed by atoms with Crippen LogP contribution in [0.2, 0.25) is 5.02 Å². The minimum Gasteiger partial charge on any atom is -0.321 e. The van der Waals surface area contributed by atoms with Gasteiger partial charge in [-0.05, 0) is 37.6 Å². The second-order valence-electron chi connectivity index (χ2n) is 4.64. The van der Waals surface area contributed by atoms with Gasteiger partial charge in [0.1, 0.15) is 0 Å². The smallest absolute Gasteiger partial charge is 0.274 e. The van der Waals surface area contributed by atoms with Crippen LogP contribution in [-0.4, -0.2) is 10.8 Å². The lowest BCUT2D eigenvalue weighted by molar-refractivity contribution is -0.385. The Hall–Kier alpha value is -2.40. The van der Waals surface area contributed by atoms with Gasteiger partial charge in [-0.15, -0.1) is 0 Å². The van der Waals surface area contributed by atoms with Crippen molar-refractivity contribution in [2.45, 2.75) is 13.8 Å². The molecule has 5 nitrogen and oxygen atoms in total. The van der Waals surface area contributed by atoms with Gasteiger partial charge in [-0.2, -0.15) is 0 Å². The van der Waals surface area contributed by atoms with Gasteiger partial charge in [-0.1, -0.05) is 23.7 Å². The quantitative estimate of drug-likeness (QED) is 0.685. The molecule has 0 unspecified atom stereocenters. The van der Waals surface area contributed by atoms with Crippen LogP contribution in [0.15, 0.2) is 36.4 Å². The van der Waals surface area contributed by atoms with Gasteiger partial charge in [0.05, 0.1) is 26.8 Å². The summed E-state index contributed by atoms with van der Waals surface area (Å²) in [5.41, 5.74) is 2.03. The highest BCUT2D eigenvalue weighted by atomic mass is 35.5. The van der Waals surface area contributed by atoms with Crippen LogP contribution in [-0.2, 0) is 0 Å². The van der Waals surface area contributed by atoms with E-state index in [1.54, 1.807) is 31.2 Å². The molecule has 1 amide bonds. The Balaban J connectivity index is 2.32. The summed E-state index contributed by atoms with van der Waals surface area (Å²) < 4.78 is 0. The van der Waals surface area contributed by atoms with Gasteiger partial charge in [0.15, 0.2) is 0 Å². The first-order chi connectivity index (χ1) is 9.90. The van der Waals surface area contributed by atoms with Gasteiger partial charge < -0.3 is 5.32 Å². The van der Waals surface area contributed by atoms with Crippen molar-refractivity contribution in [2.24, 2.45) is 0 Å². The Kier molecular flexibility index (Phi) is 4.23. The minimum absolute atomic E-state index is 0.0391. The number of nitrogens with zero attached hydrogens (tertiary/aromatic N) is 1. The van der Waals surface area contributed by atoms with Gasteiger partial charge in [0.2, 0.25) is 0 Å². The first-order valence-electron chi connectivity index (χ1n) is 6.21. The lowest BCUT2D eigenvalue weighted by Gasteiger charge is -2.10. The zero-order chi connectivity index (χ0) is 15.6. The summed E-state index contributed by atoms with van der Waals surface area (Å²) >= 11 is 6.04. The fourth-order valence-electron chi connectivity index (χ4n) is 1.95. The first kappa shape index (κ1) is 15.0. The largest absolute Gasteiger partial charge is 0.321 e. The van der Waals surface area contributed by atoms with Crippen molar-refractivity contribution in [2.75, 3.05) is 5.32 Å². The van der Waals surface area contributed by atoms with Crippen LogP contribution in [0.4, 0.5) is 11.4 Å². The highest BCUT2D eigenvalue weighted by Crippen LogP contribution is 2.26. The topological polar surface area (TPSA) is 72.2 Å². The summed E-state index contributed by atoms with van der Waals surface area (Å²) in [5, 5.41) is 13.9. The average molecular weight is 305 g/mol. The predicted octanol–water partition coefficient (Wildman–Crippen LogP) is 4.12. The minimum atomic E-state index is -0.482. The van der Waals surface area contributed by atoms with E-state index in [9.17, 15) is 14.9 Å². The zero-order valence-corrected chi connectivity index (χ0v) is 12.3. The highest BCUT2D eigenvalue weighted by Gasteiger charge is 2.16. The normalized spacial score (nSPS) is 10.2. The van der Waals surface area contributed by atoms with E-state index in [2.05, 4.69) is 5.32 Å². The van der Waals surface area contributed by atoms with Gasteiger partial charge in [-0.25, -0.2) is 0 Å². The fourth-order valence-corrected chi connectivity index (χ4v) is 2.27. The van der Waals surface area contributed by atoms with Crippen molar-refractivity contribution in [3.05, 3.63) is 68.2 Å². The molecule has 0 heterocycles. The number of carbonyl (C=O) groups is 1. The molecule has 0 aliphatic rings. The summed E-state index contributed by atoms with van der Waals surface area (Å²) in [6.45, 7) is 3.46. The zero-order valence-electron chi connectivity index (χ0n) is 11.5. The number of nitro benzene ring substituents is 1. The highest BCUT2D eigenvalue weighted by molar-refractivity contribution is 6.34. The second kappa shape index (κ2) is 5.93. The van der Waals surface area contributed by atoms with Crippen LogP contribution in [0.1, 0.15) is 21.5 Å². The number of amides is 1. The molecule has 0 aliphatic carbocycles. The number of anilines is 1. The van der Waals surface area contributed by atoms with E-state index in [0.29, 0.717) is 21.8 Å². The molecule has 2 aromatic rings. The summed E-state index contributed by atoms with van der Waals surface area (Å²) in [5.74, 6) is -0.399. The molecule has 1 N–H and O–H groups in total. The molecule has 0 saturated carbocycles. The van der Waals surface area contributed by atoms with Crippen LogP contribution >= 0.6 is 11.6 Å². The molecule has 2 aromatic carbocycles. The molecule has 108 valence electrons. The first-order valence-corrected chi connectivity index (χ1v) is 6.59. The average Bonchev–Trinajstić information content (AvgIpc) is 2.40. The number of nitrogens with one attached hydrogen (secondary N) is 1. The Morgan fingerprint density at radius 3 is 2.57 bits per heavy atom. The number of halogens is 1. The maximum Gasteiger partial charge on any atom is 0.274 e. The lowest BCUT2D eigenvalue weighted by atomic mass is 10.1. The molecule has 6 heteroatoms. The number of aryl methyl sites for hydroxylation is 1. The third-order valence-electron chi connectivity index (χ3n) is 3.12. The lowest BCUT2D eigenvalue weighted by Crippen LogP contribution is -2.13. The number of hydrogen-bond donors (Lipinski definition) is 1. The van der Waals surface area contributed by atoms with Crippen molar-refractivity contribution < 1.29 is 9.72 Å². The number of rotatable bonds is 3. The van der Waals surface area contributed by atoms with Gasteiger partial charge in [0.25, 0.3) is 11.6 Å². The Morgan fingerprint density at radius 1 is 1.24 bits per heavy atom. The van der Waals surface area contributed by atoms with Crippen LogP contribution in [0.5, 0.6) is 0 Å². The molecule has 0 spiro atoms. The van der Waals surface area contributed by atoms with E-state index in [1.165, 1.54) is 12.1 Å². The van der Waals surface area contributed by atoms with Crippen molar-refractivity contribution in [1.29, 1.82) is 0 Å². The summed E-state index contributed by atoms with van der Waals surface area (Å²) in [4.78, 5) is 22.6. The molecule has 0 fully saturated rings. The predicted molar refractivity (Wildman–Crippen MR) is 82.0 cm³/mol. The maximum atomic E-state index is 12.2. The molecule has 0 atom stereocenters. The standard InChI is InChI=1S/C15H13ClN2O3/c1-9-6-7-11(12(16)8-9)15(19)17-13-4-3-5-14(10(13)2)18(20)21/h3-8H,1-2H3,(H,17,19). The van der Waals surface area contributed by atoms with E-state index >= 15 is 0 Å². The van der Waals surface area contributed by atoms with Crippen LogP contribution in [0.25, 0.3) is 0 Å². The number of nitro groups is 1. The van der Waals surface area contributed by atoms with Gasteiger partial charge in [-0.3, -0.25) is 14.9 Å². The molecule has 21 heavy (non-hydrogen) atoms. The van der Waals surface area contributed by atoms with E-state index in [1.807, 2.05) is 6.92 Å². The van der Waals surface area contributed by atoms with Gasteiger partial charge in [0, 0.05) is 6.07 Å². The maximum absolute atomic E-state index is 12.2. The Labute approximate surface area is 126 Å². The molecule has 0 aromatic heterocycles. The Morgan fingerprint density at radius 2 is 1.95 bits per heavy atom. The summed E-state index contributed by atoms with van der Waals surface area (Å²) in [7, 11) is 0. The monoisotopic (exact) mass is 304 g/mol. The SMILES string of the molecule is Cc1ccc(C(=O)Nc2cccc([N+](=O)[O-])c2C)c(Cl)c1. The van der Waals surface area contributed by atoms with Gasteiger partial charge >= 0.3 is 0 Å². The van der Waals surface area contributed by atoms with Crippen molar-refractivity contribution >= 4 is 28.9 Å². The fraction of sp³-hybridized carbons (Fsp3) is 0.133. The van der Waals surface area contributed by atoms with Crippen LogP contribution in [0, 0.1) is 24.0 Å². The molecular formula is C15H13ClN2O3. The van der Waals surface area contributed by atoms with Crippen molar-refractivity contribution in [3.8, 4) is 0 Å². The Bertz CT molecular complexity index is 729. The molecule has 0 bridgehead atoms.